The number of aromatic nitrogens is 2. The number of aryl methyl sites for hydroxylation is 1. The average Bonchev–Trinajstić information content (AvgIpc) is 2.65. The van der Waals surface area contributed by atoms with Crippen LogP contribution in [-0.4, -0.2) is 15.1 Å². The summed E-state index contributed by atoms with van der Waals surface area (Å²) in [6, 6.07) is 7.75. The van der Waals surface area contributed by atoms with Crippen molar-refractivity contribution in [3.8, 4) is 11.3 Å². The fraction of sp³-hybridized carbons (Fsp3) is 0.182. The largest absolute Gasteiger partial charge is 0.392 e. The zero-order chi connectivity index (χ0) is 9.97. The monoisotopic (exact) mass is 188 g/mol. The van der Waals surface area contributed by atoms with Crippen LogP contribution in [0.3, 0.4) is 0 Å². The van der Waals surface area contributed by atoms with Crippen LogP contribution in [0.15, 0.2) is 30.6 Å². The van der Waals surface area contributed by atoms with Gasteiger partial charge in [-0.1, -0.05) is 24.3 Å². The van der Waals surface area contributed by atoms with E-state index in [1.807, 2.05) is 31.2 Å². The molecule has 0 amide bonds. The molecule has 0 aliphatic heterocycles. The highest BCUT2D eigenvalue weighted by Crippen LogP contribution is 2.19. The van der Waals surface area contributed by atoms with Gasteiger partial charge in [0.05, 0.1) is 18.6 Å². The Labute approximate surface area is 82.4 Å². The van der Waals surface area contributed by atoms with Gasteiger partial charge in [-0.2, -0.15) is 0 Å². The van der Waals surface area contributed by atoms with Crippen molar-refractivity contribution in [1.82, 2.24) is 9.97 Å². The highest BCUT2D eigenvalue weighted by molar-refractivity contribution is 5.61. The second-order valence-corrected chi connectivity index (χ2v) is 3.23. The van der Waals surface area contributed by atoms with E-state index >= 15 is 0 Å². The molecular weight excluding hydrogens is 176 g/mol. The Kier molecular flexibility index (Phi) is 2.33. The van der Waals surface area contributed by atoms with Crippen molar-refractivity contribution in [1.29, 1.82) is 0 Å². The van der Waals surface area contributed by atoms with E-state index in [0.29, 0.717) is 0 Å². The standard InChI is InChI=1S/C11H12N2O/c1-8-11(13-7-12-8)10-4-2-9(6-14)3-5-10/h2-5,7,14H,6H2,1H3,(H,12,13). The van der Waals surface area contributed by atoms with Gasteiger partial charge in [0.25, 0.3) is 0 Å². The molecule has 2 N–H and O–H groups in total. The summed E-state index contributed by atoms with van der Waals surface area (Å²) in [4.78, 5) is 7.26. The number of aliphatic hydroxyl groups is 1. The van der Waals surface area contributed by atoms with E-state index in [1.54, 1.807) is 6.33 Å². The minimum atomic E-state index is 0.0832. The predicted octanol–water partition coefficient (Wildman–Crippen LogP) is 1.88. The Bertz CT molecular complexity index is 417. The molecule has 72 valence electrons. The zero-order valence-electron chi connectivity index (χ0n) is 7.99. The number of rotatable bonds is 2. The van der Waals surface area contributed by atoms with Crippen molar-refractivity contribution in [2.24, 2.45) is 0 Å². The number of nitrogens with one attached hydrogen (secondary N) is 1. The summed E-state index contributed by atoms with van der Waals surface area (Å²) in [5, 5.41) is 8.89. The molecule has 0 aliphatic rings. The number of aromatic amines is 1. The molecule has 2 rings (SSSR count). The molecule has 14 heavy (non-hydrogen) atoms. The molecule has 2 aromatic rings. The van der Waals surface area contributed by atoms with Gasteiger partial charge in [-0.15, -0.1) is 0 Å². The quantitative estimate of drug-likeness (QED) is 0.756. The van der Waals surface area contributed by atoms with Gasteiger partial charge in [0, 0.05) is 11.3 Å². The van der Waals surface area contributed by atoms with Crippen LogP contribution in [0.1, 0.15) is 11.3 Å². The van der Waals surface area contributed by atoms with Crippen molar-refractivity contribution in [2.45, 2.75) is 13.5 Å². The molecule has 1 heterocycles. The summed E-state index contributed by atoms with van der Waals surface area (Å²) in [5.41, 5.74) is 4.01. The van der Waals surface area contributed by atoms with Crippen LogP contribution in [0.5, 0.6) is 0 Å². The van der Waals surface area contributed by atoms with Crippen LogP contribution in [0.25, 0.3) is 11.3 Å². The van der Waals surface area contributed by atoms with Crippen molar-refractivity contribution in [3.63, 3.8) is 0 Å². The number of aliphatic hydroxyl groups excluding tert-OH is 1. The second kappa shape index (κ2) is 3.64. The highest BCUT2D eigenvalue weighted by atomic mass is 16.3. The molecule has 0 aliphatic carbocycles. The SMILES string of the molecule is Cc1[nH]cnc1-c1ccc(CO)cc1. The number of H-pyrrole nitrogens is 1. The summed E-state index contributed by atoms with van der Waals surface area (Å²) in [6.07, 6.45) is 1.69. The first-order chi connectivity index (χ1) is 6.81. The number of imidazole rings is 1. The Morgan fingerprint density at radius 1 is 1.29 bits per heavy atom. The maximum absolute atomic E-state index is 8.89. The molecule has 0 radical (unpaired) electrons. The Hall–Kier alpha value is -1.61. The Morgan fingerprint density at radius 3 is 2.50 bits per heavy atom. The average molecular weight is 188 g/mol. The molecule has 0 fully saturated rings. The van der Waals surface area contributed by atoms with Crippen LogP contribution in [0.2, 0.25) is 0 Å². The fourth-order valence-electron chi connectivity index (χ4n) is 1.42. The second-order valence-electron chi connectivity index (χ2n) is 3.23. The first-order valence-corrected chi connectivity index (χ1v) is 4.51. The van der Waals surface area contributed by atoms with Gasteiger partial charge in [0.2, 0.25) is 0 Å². The molecule has 0 saturated heterocycles. The Morgan fingerprint density at radius 2 is 2.00 bits per heavy atom. The normalized spacial score (nSPS) is 10.4. The first kappa shape index (κ1) is 8.97. The maximum Gasteiger partial charge on any atom is 0.0929 e. The van der Waals surface area contributed by atoms with E-state index in [4.69, 9.17) is 5.11 Å². The summed E-state index contributed by atoms with van der Waals surface area (Å²) in [7, 11) is 0. The molecule has 0 bridgehead atoms. The van der Waals surface area contributed by atoms with Crippen molar-refractivity contribution in [2.75, 3.05) is 0 Å². The van der Waals surface area contributed by atoms with Gasteiger partial charge in [0.15, 0.2) is 0 Å². The van der Waals surface area contributed by atoms with E-state index in [0.717, 1.165) is 22.5 Å². The van der Waals surface area contributed by atoms with Crippen LogP contribution in [-0.2, 0) is 6.61 Å². The molecule has 1 aromatic carbocycles. The van der Waals surface area contributed by atoms with Crippen molar-refractivity contribution in [3.05, 3.63) is 41.9 Å². The van der Waals surface area contributed by atoms with Crippen molar-refractivity contribution < 1.29 is 5.11 Å². The topological polar surface area (TPSA) is 48.9 Å². The van der Waals surface area contributed by atoms with Crippen molar-refractivity contribution >= 4 is 0 Å². The summed E-state index contributed by atoms with van der Waals surface area (Å²) >= 11 is 0. The molecule has 1 aromatic heterocycles. The van der Waals surface area contributed by atoms with Gasteiger partial charge in [-0.3, -0.25) is 0 Å². The van der Waals surface area contributed by atoms with E-state index in [-0.39, 0.29) is 6.61 Å². The Balaban J connectivity index is 2.39. The molecule has 0 saturated carbocycles. The zero-order valence-corrected chi connectivity index (χ0v) is 7.99. The third kappa shape index (κ3) is 1.54. The summed E-state index contributed by atoms with van der Waals surface area (Å²) in [5.74, 6) is 0. The number of hydrogen-bond acceptors (Lipinski definition) is 2. The lowest BCUT2D eigenvalue weighted by Gasteiger charge is -2.00. The number of benzene rings is 1. The lowest BCUT2D eigenvalue weighted by molar-refractivity contribution is 0.282. The third-order valence-corrected chi connectivity index (χ3v) is 2.24. The van der Waals surface area contributed by atoms with E-state index in [2.05, 4.69) is 9.97 Å². The van der Waals surface area contributed by atoms with Gasteiger partial charge in [0.1, 0.15) is 0 Å². The first-order valence-electron chi connectivity index (χ1n) is 4.51. The van der Waals surface area contributed by atoms with Crippen LogP contribution < -0.4 is 0 Å². The summed E-state index contributed by atoms with van der Waals surface area (Å²) in [6.45, 7) is 2.07. The van der Waals surface area contributed by atoms with E-state index in [9.17, 15) is 0 Å². The molecule has 0 spiro atoms. The molecule has 0 atom stereocenters. The number of nitrogens with zero attached hydrogens (tertiary/aromatic N) is 1. The minimum Gasteiger partial charge on any atom is -0.392 e. The van der Waals surface area contributed by atoms with Crippen LogP contribution >= 0.6 is 0 Å². The highest BCUT2D eigenvalue weighted by Gasteiger charge is 2.03. The maximum atomic E-state index is 8.89. The van der Waals surface area contributed by atoms with Gasteiger partial charge >= 0.3 is 0 Å². The summed E-state index contributed by atoms with van der Waals surface area (Å²) < 4.78 is 0. The number of hydrogen-bond donors (Lipinski definition) is 2. The van der Waals surface area contributed by atoms with Gasteiger partial charge < -0.3 is 10.1 Å². The lowest BCUT2D eigenvalue weighted by Crippen LogP contribution is -1.84. The minimum absolute atomic E-state index is 0.0832. The molecule has 0 unspecified atom stereocenters. The van der Waals surface area contributed by atoms with Crippen LogP contribution in [0.4, 0.5) is 0 Å². The van der Waals surface area contributed by atoms with Gasteiger partial charge in [-0.05, 0) is 12.5 Å². The molecule has 3 nitrogen and oxygen atoms in total. The van der Waals surface area contributed by atoms with Gasteiger partial charge in [-0.25, -0.2) is 4.98 Å². The molecule has 3 heteroatoms. The third-order valence-electron chi connectivity index (χ3n) is 2.24. The smallest absolute Gasteiger partial charge is 0.0929 e. The molecular formula is C11H12N2O. The van der Waals surface area contributed by atoms with E-state index in [1.165, 1.54) is 0 Å². The fourth-order valence-corrected chi connectivity index (χ4v) is 1.42. The van der Waals surface area contributed by atoms with E-state index < -0.39 is 0 Å². The predicted molar refractivity (Wildman–Crippen MR) is 54.7 cm³/mol. The lowest BCUT2D eigenvalue weighted by atomic mass is 10.1. The van der Waals surface area contributed by atoms with Crippen LogP contribution in [0, 0.1) is 6.92 Å².